The van der Waals surface area contributed by atoms with Gasteiger partial charge in [-0.15, -0.1) is 0 Å². The maximum Gasteiger partial charge on any atom is 0.243 e. The standard InChI is InChI=1S/C18H19ClN2O3/c19-14-3-6-17-16(11-14)21(8-10-24-17)12-18(23)20-15-4-1-13(2-5-15)7-9-22/h1-6,11,22H,7-10,12H2,(H,20,23). The molecule has 0 spiro atoms. The van der Waals surface area contributed by atoms with Gasteiger partial charge >= 0.3 is 0 Å². The van der Waals surface area contributed by atoms with Crippen molar-refractivity contribution in [3.8, 4) is 5.75 Å². The highest BCUT2D eigenvalue weighted by Crippen LogP contribution is 2.33. The van der Waals surface area contributed by atoms with Gasteiger partial charge in [-0.05, 0) is 42.3 Å². The van der Waals surface area contributed by atoms with Crippen molar-refractivity contribution >= 4 is 28.9 Å². The SMILES string of the molecule is O=C(CN1CCOc2ccc(Cl)cc21)Nc1ccc(CCO)cc1. The number of hydrogen-bond acceptors (Lipinski definition) is 4. The molecule has 1 aliphatic heterocycles. The molecule has 1 heterocycles. The molecule has 2 aromatic carbocycles. The van der Waals surface area contributed by atoms with Gasteiger partial charge in [0.25, 0.3) is 0 Å². The lowest BCUT2D eigenvalue weighted by atomic mass is 10.1. The summed E-state index contributed by atoms with van der Waals surface area (Å²) in [5, 5.41) is 12.4. The number of aliphatic hydroxyl groups excluding tert-OH is 1. The average Bonchev–Trinajstić information content (AvgIpc) is 2.57. The van der Waals surface area contributed by atoms with Crippen molar-refractivity contribution in [3.05, 3.63) is 53.1 Å². The minimum absolute atomic E-state index is 0.0993. The van der Waals surface area contributed by atoms with E-state index in [4.69, 9.17) is 21.4 Å². The zero-order chi connectivity index (χ0) is 16.9. The van der Waals surface area contributed by atoms with Crippen molar-refractivity contribution in [1.29, 1.82) is 0 Å². The van der Waals surface area contributed by atoms with Gasteiger partial charge in [0, 0.05) is 17.3 Å². The smallest absolute Gasteiger partial charge is 0.243 e. The molecule has 2 N–H and O–H groups in total. The van der Waals surface area contributed by atoms with Crippen molar-refractivity contribution in [2.24, 2.45) is 0 Å². The molecule has 0 bridgehead atoms. The second-order valence-electron chi connectivity index (χ2n) is 5.60. The van der Waals surface area contributed by atoms with Gasteiger partial charge in [0.1, 0.15) is 12.4 Å². The molecular weight excluding hydrogens is 328 g/mol. The number of fused-ring (bicyclic) bond motifs is 1. The second-order valence-corrected chi connectivity index (χ2v) is 6.04. The van der Waals surface area contributed by atoms with Crippen LogP contribution in [0, 0.1) is 0 Å². The summed E-state index contributed by atoms with van der Waals surface area (Å²) in [7, 11) is 0. The minimum atomic E-state index is -0.0993. The Morgan fingerprint density at radius 3 is 2.79 bits per heavy atom. The van der Waals surface area contributed by atoms with Crippen LogP contribution in [0.15, 0.2) is 42.5 Å². The fourth-order valence-corrected chi connectivity index (χ4v) is 2.83. The number of nitrogens with one attached hydrogen (secondary N) is 1. The molecule has 0 unspecified atom stereocenters. The summed E-state index contributed by atoms with van der Waals surface area (Å²) in [4.78, 5) is 14.3. The van der Waals surface area contributed by atoms with Gasteiger partial charge in [-0.3, -0.25) is 4.79 Å². The summed E-state index contributed by atoms with van der Waals surface area (Å²) in [6, 6.07) is 12.9. The molecule has 24 heavy (non-hydrogen) atoms. The number of carbonyl (C=O) groups excluding carboxylic acids is 1. The van der Waals surface area contributed by atoms with E-state index in [0.29, 0.717) is 24.6 Å². The van der Waals surface area contributed by atoms with Crippen LogP contribution in [0.5, 0.6) is 5.75 Å². The Kier molecular flexibility index (Phi) is 5.23. The monoisotopic (exact) mass is 346 g/mol. The van der Waals surface area contributed by atoms with Crippen molar-refractivity contribution in [2.45, 2.75) is 6.42 Å². The average molecular weight is 347 g/mol. The summed E-state index contributed by atoms with van der Waals surface area (Å²) in [5.74, 6) is 0.643. The van der Waals surface area contributed by atoms with Crippen LogP contribution in [0.25, 0.3) is 0 Å². The lowest BCUT2D eigenvalue weighted by molar-refractivity contribution is -0.115. The van der Waals surface area contributed by atoms with E-state index < -0.39 is 0 Å². The van der Waals surface area contributed by atoms with Crippen LogP contribution in [0.4, 0.5) is 11.4 Å². The number of benzene rings is 2. The van der Waals surface area contributed by atoms with Gasteiger partial charge in [-0.25, -0.2) is 0 Å². The lowest BCUT2D eigenvalue weighted by Gasteiger charge is -2.30. The zero-order valence-electron chi connectivity index (χ0n) is 13.2. The van der Waals surface area contributed by atoms with Gasteiger partial charge in [-0.1, -0.05) is 23.7 Å². The van der Waals surface area contributed by atoms with Gasteiger partial charge < -0.3 is 20.1 Å². The summed E-state index contributed by atoms with van der Waals surface area (Å²) >= 11 is 6.05. The Balaban J connectivity index is 1.64. The van der Waals surface area contributed by atoms with Gasteiger partial charge in [-0.2, -0.15) is 0 Å². The summed E-state index contributed by atoms with van der Waals surface area (Å²) in [6.07, 6.45) is 0.611. The van der Waals surface area contributed by atoms with Gasteiger partial charge in [0.05, 0.1) is 18.8 Å². The van der Waals surface area contributed by atoms with E-state index in [1.165, 1.54) is 0 Å². The number of aliphatic hydroxyl groups is 1. The second kappa shape index (κ2) is 7.55. The van der Waals surface area contributed by atoms with E-state index >= 15 is 0 Å². The molecular formula is C18H19ClN2O3. The maximum absolute atomic E-state index is 12.3. The van der Waals surface area contributed by atoms with Crippen LogP contribution in [0.1, 0.15) is 5.56 Å². The Hall–Kier alpha value is -2.24. The van der Waals surface area contributed by atoms with E-state index in [0.717, 1.165) is 22.7 Å². The first-order valence-electron chi connectivity index (χ1n) is 7.82. The number of rotatable bonds is 5. The molecule has 126 valence electrons. The first kappa shape index (κ1) is 16.6. The molecule has 0 saturated heterocycles. The summed E-state index contributed by atoms with van der Waals surface area (Å²) in [6.45, 7) is 1.52. The Morgan fingerprint density at radius 1 is 1.25 bits per heavy atom. The normalized spacial score (nSPS) is 13.2. The first-order valence-corrected chi connectivity index (χ1v) is 8.20. The number of ether oxygens (including phenoxy) is 1. The van der Waals surface area contributed by atoms with E-state index in [1.54, 1.807) is 6.07 Å². The molecule has 1 amide bonds. The van der Waals surface area contributed by atoms with Gasteiger partial charge in [0.2, 0.25) is 5.91 Å². The molecule has 1 aliphatic rings. The summed E-state index contributed by atoms with van der Waals surface area (Å²) in [5.41, 5.74) is 2.61. The Bertz CT molecular complexity index is 719. The fraction of sp³-hybridized carbons (Fsp3) is 0.278. The highest BCUT2D eigenvalue weighted by molar-refractivity contribution is 6.31. The van der Waals surface area contributed by atoms with Crippen LogP contribution < -0.4 is 15.0 Å². The molecule has 0 aliphatic carbocycles. The maximum atomic E-state index is 12.3. The quantitative estimate of drug-likeness (QED) is 0.874. The van der Waals surface area contributed by atoms with Crippen LogP contribution >= 0.6 is 11.6 Å². The summed E-state index contributed by atoms with van der Waals surface area (Å²) < 4.78 is 5.59. The molecule has 0 aromatic heterocycles. The minimum Gasteiger partial charge on any atom is -0.490 e. The van der Waals surface area contributed by atoms with Crippen molar-refractivity contribution in [3.63, 3.8) is 0 Å². The highest BCUT2D eigenvalue weighted by Gasteiger charge is 2.20. The van der Waals surface area contributed by atoms with Crippen LogP contribution in [-0.2, 0) is 11.2 Å². The molecule has 5 nitrogen and oxygen atoms in total. The number of halogens is 1. The van der Waals surface area contributed by atoms with Crippen molar-refractivity contribution in [1.82, 2.24) is 0 Å². The third kappa shape index (κ3) is 3.99. The van der Waals surface area contributed by atoms with E-state index in [1.807, 2.05) is 41.3 Å². The topological polar surface area (TPSA) is 61.8 Å². The van der Waals surface area contributed by atoms with E-state index in [9.17, 15) is 4.79 Å². The first-order chi connectivity index (χ1) is 11.7. The van der Waals surface area contributed by atoms with Gasteiger partial charge in [0.15, 0.2) is 0 Å². The largest absolute Gasteiger partial charge is 0.490 e. The van der Waals surface area contributed by atoms with Crippen molar-refractivity contribution in [2.75, 3.05) is 36.5 Å². The molecule has 0 atom stereocenters. The lowest BCUT2D eigenvalue weighted by Crippen LogP contribution is -2.38. The predicted octanol–water partition coefficient (Wildman–Crippen LogP) is 2.71. The predicted molar refractivity (Wildman–Crippen MR) is 95.0 cm³/mol. The molecule has 6 heteroatoms. The zero-order valence-corrected chi connectivity index (χ0v) is 13.9. The third-order valence-corrected chi connectivity index (χ3v) is 4.09. The van der Waals surface area contributed by atoms with Crippen molar-refractivity contribution < 1.29 is 14.6 Å². The third-order valence-electron chi connectivity index (χ3n) is 3.85. The number of nitrogens with zero attached hydrogens (tertiary/aromatic N) is 1. The Labute approximate surface area is 145 Å². The number of amides is 1. The fourth-order valence-electron chi connectivity index (χ4n) is 2.67. The molecule has 0 fully saturated rings. The molecule has 3 rings (SSSR count). The highest BCUT2D eigenvalue weighted by atomic mass is 35.5. The van der Waals surface area contributed by atoms with Crippen LogP contribution in [0.3, 0.4) is 0 Å². The number of anilines is 2. The van der Waals surface area contributed by atoms with E-state index in [2.05, 4.69) is 5.32 Å². The molecule has 0 saturated carbocycles. The van der Waals surface area contributed by atoms with Crippen LogP contribution in [0.2, 0.25) is 5.02 Å². The number of hydrogen-bond donors (Lipinski definition) is 2. The van der Waals surface area contributed by atoms with E-state index in [-0.39, 0.29) is 19.1 Å². The van der Waals surface area contributed by atoms with Crippen LogP contribution in [-0.4, -0.2) is 37.3 Å². The Morgan fingerprint density at radius 2 is 2.04 bits per heavy atom. The molecule has 2 aromatic rings. The molecule has 0 radical (unpaired) electrons. The number of carbonyl (C=O) groups is 1.